The Kier molecular flexibility index (Phi) is 3.52. The second-order valence-electron chi connectivity index (χ2n) is 3.14. The zero-order chi connectivity index (χ0) is 10.6. The summed E-state index contributed by atoms with van der Waals surface area (Å²) in [6.07, 6.45) is -0.289. The molecule has 0 atom stereocenters. The quantitative estimate of drug-likeness (QED) is 0.798. The smallest absolute Gasteiger partial charge is 0.271 e. The van der Waals surface area contributed by atoms with Crippen molar-refractivity contribution in [3.63, 3.8) is 0 Å². The molecule has 0 bridgehead atoms. The lowest BCUT2D eigenvalue weighted by Crippen LogP contribution is -2.21. The van der Waals surface area contributed by atoms with Crippen molar-refractivity contribution in [1.82, 2.24) is 0 Å². The predicted molar refractivity (Wildman–Crippen MR) is 46.8 cm³/mol. The van der Waals surface area contributed by atoms with Gasteiger partial charge in [-0.1, -0.05) is 12.1 Å². The van der Waals surface area contributed by atoms with Gasteiger partial charge in [-0.2, -0.15) is 0 Å². The van der Waals surface area contributed by atoms with Gasteiger partial charge in [0.2, 0.25) is 0 Å². The summed E-state index contributed by atoms with van der Waals surface area (Å²) in [7, 11) is 0. The van der Waals surface area contributed by atoms with E-state index >= 15 is 0 Å². The maximum absolute atomic E-state index is 12.6. The molecule has 0 spiro atoms. The molecule has 78 valence electrons. The van der Waals surface area contributed by atoms with E-state index in [-0.39, 0.29) is 12.2 Å². The fraction of sp³-hybridized carbons (Fsp3) is 0.400. The molecule has 0 saturated heterocycles. The van der Waals surface area contributed by atoms with Gasteiger partial charge in [0.1, 0.15) is 12.4 Å². The van der Waals surface area contributed by atoms with Crippen LogP contribution in [0.3, 0.4) is 0 Å². The van der Waals surface area contributed by atoms with Gasteiger partial charge >= 0.3 is 0 Å². The summed E-state index contributed by atoms with van der Waals surface area (Å²) in [6.45, 7) is -1.14. The minimum Gasteiger partial charge on any atom is -0.390 e. The molecular weight excluding hydrogens is 193 g/mol. The second-order valence-corrected chi connectivity index (χ2v) is 3.14. The van der Waals surface area contributed by atoms with Crippen LogP contribution >= 0.6 is 0 Å². The first kappa shape index (κ1) is 11.0. The minimum absolute atomic E-state index is 0.133. The van der Waals surface area contributed by atoms with Gasteiger partial charge in [0, 0.05) is 6.42 Å². The minimum atomic E-state index is -3.05. The van der Waals surface area contributed by atoms with Gasteiger partial charge in [0.25, 0.3) is 5.92 Å². The van der Waals surface area contributed by atoms with Crippen LogP contribution in [-0.4, -0.2) is 17.6 Å². The predicted octanol–water partition coefficient (Wildman–Crippen LogP) is 2.39. The number of alkyl halides is 2. The van der Waals surface area contributed by atoms with E-state index in [0.29, 0.717) is 5.56 Å². The molecule has 0 heterocycles. The Hall–Kier alpha value is -1.03. The van der Waals surface area contributed by atoms with Gasteiger partial charge < -0.3 is 5.11 Å². The summed E-state index contributed by atoms with van der Waals surface area (Å²) in [4.78, 5) is 0. The van der Waals surface area contributed by atoms with Gasteiger partial charge in [-0.25, -0.2) is 13.2 Å². The maximum atomic E-state index is 12.6. The number of aliphatic hydroxyl groups excluding tert-OH is 1. The van der Waals surface area contributed by atoms with E-state index in [1.54, 1.807) is 0 Å². The Balaban J connectivity index is 2.50. The number of halogens is 3. The van der Waals surface area contributed by atoms with Crippen molar-refractivity contribution in [1.29, 1.82) is 0 Å². The maximum Gasteiger partial charge on any atom is 0.271 e. The topological polar surface area (TPSA) is 20.2 Å². The Morgan fingerprint density at radius 3 is 2.21 bits per heavy atom. The lowest BCUT2D eigenvalue weighted by atomic mass is 10.1. The molecule has 0 fully saturated rings. The highest BCUT2D eigenvalue weighted by Gasteiger charge is 2.26. The average Bonchev–Trinajstić information content (AvgIpc) is 2.17. The first-order valence-electron chi connectivity index (χ1n) is 4.27. The number of aliphatic hydroxyl groups is 1. The molecule has 0 aliphatic heterocycles. The van der Waals surface area contributed by atoms with Crippen LogP contribution < -0.4 is 0 Å². The number of hydrogen-bond donors (Lipinski definition) is 1. The average molecular weight is 204 g/mol. The van der Waals surface area contributed by atoms with Crippen LogP contribution in [0.25, 0.3) is 0 Å². The zero-order valence-corrected chi connectivity index (χ0v) is 7.51. The Morgan fingerprint density at radius 2 is 1.71 bits per heavy atom. The molecule has 0 aliphatic rings. The lowest BCUT2D eigenvalue weighted by Gasteiger charge is -2.12. The summed E-state index contributed by atoms with van der Waals surface area (Å²) < 4.78 is 37.6. The molecular formula is C10H11F3O. The van der Waals surface area contributed by atoms with Crippen LogP contribution in [0.1, 0.15) is 12.0 Å². The molecule has 0 amide bonds. The Morgan fingerprint density at radius 1 is 1.14 bits per heavy atom. The normalized spacial score (nSPS) is 11.7. The Bertz CT molecular complexity index is 282. The first-order valence-corrected chi connectivity index (χ1v) is 4.27. The van der Waals surface area contributed by atoms with E-state index < -0.39 is 19.0 Å². The summed E-state index contributed by atoms with van der Waals surface area (Å²) in [5, 5.41) is 8.31. The van der Waals surface area contributed by atoms with Crippen molar-refractivity contribution in [2.45, 2.75) is 18.8 Å². The van der Waals surface area contributed by atoms with Crippen molar-refractivity contribution in [3.05, 3.63) is 35.6 Å². The molecule has 1 aromatic rings. The third-order valence-electron chi connectivity index (χ3n) is 1.92. The molecule has 0 unspecified atom stereocenters. The van der Waals surface area contributed by atoms with Crippen LogP contribution in [0.15, 0.2) is 24.3 Å². The van der Waals surface area contributed by atoms with E-state index in [4.69, 9.17) is 5.11 Å². The fourth-order valence-corrected chi connectivity index (χ4v) is 1.06. The summed E-state index contributed by atoms with van der Waals surface area (Å²) >= 11 is 0. The zero-order valence-electron chi connectivity index (χ0n) is 7.51. The van der Waals surface area contributed by atoms with E-state index in [1.165, 1.54) is 24.3 Å². The monoisotopic (exact) mass is 204 g/mol. The summed E-state index contributed by atoms with van der Waals surface area (Å²) in [6, 6.07) is 5.38. The van der Waals surface area contributed by atoms with Gasteiger partial charge in [-0.15, -0.1) is 0 Å². The first-order chi connectivity index (χ1) is 6.53. The largest absolute Gasteiger partial charge is 0.390 e. The summed E-state index contributed by atoms with van der Waals surface area (Å²) in [5.41, 5.74) is 0.638. The van der Waals surface area contributed by atoms with Crippen LogP contribution in [0.5, 0.6) is 0 Å². The molecule has 0 aliphatic carbocycles. The van der Waals surface area contributed by atoms with Crippen LogP contribution in [0, 0.1) is 5.82 Å². The fourth-order valence-electron chi connectivity index (χ4n) is 1.06. The van der Waals surface area contributed by atoms with Crippen molar-refractivity contribution in [2.75, 3.05) is 6.61 Å². The molecule has 1 aromatic carbocycles. The van der Waals surface area contributed by atoms with E-state index in [9.17, 15) is 13.2 Å². The van der Waals surface area contributed by atoms with Crippen molar-refractivity contribution in [3.8, 4) is 0 Å². The molecule has 0 saturated carbocycles. The number of rotatable bonds is 4. The van der Waals surface area contributed by atoms with E-state index in [2.05, 4.69) is 0 Å². The van der Waals surface area contributed by atoms with Crippen LogP contribution in [-0.2, 0) is 6.42 Å². The molecule has 1 N–H and O–H groups in total. The van der Waals surface area contributed by atoms with E-state index in [0.717, 1.165) is 0 Å². The van der Waals surface area contributed by atoms with Crippen molar-refractivity contribution >= 4 is 0 Å². The van der Waals surface area contributed by atoms with Gasteiger partial charge in [0.05, 0.1) is 0 Å². The van der Waals surface area contributed by atoms with Crippen LogP contribution in [0.4, 0.5) is 13.2 Å². The lowest BCUT2D eigenvalue weighted by molar-refractivity contribution is -0.0558. The third-order valence-corrected chi connectivity index (χ3v) is 1.92. The number of aryl methyl sites for hydroxylation is 1. The SMILES string of the molecule is OCC(F)(F)CCc1ccc(F)cc1. The highest BCUT2D eigenvalue weighted by molar-refractivity contribution is 5.16. The molecule has 14 heavy (non-hydrogen) atoms. The molecule has 1 rings (SSSR count). The molecule has 4 heteroatoms. The molecule has 0 aromatic heterocycles. The Labute approximate surface area is 80.2 Å². The van der Waals surface area contributed by atoms with Gasteiger partial charge in [-0.05, 0) is 24.1 Å². The number of hydrogen-bond acceptors (Lipinski definition) is 1. The standard InChI is InChI=1S/C10H11F3O/c11-9-3-1-8(2-4-9)5-6-10(12,13)7-14/h1-4,14H,5-7H2. The van der Waals surface area contributed by atoms with Crippen molar-refractivity contribution in [2.24, 2.45) is 0 Å². The highest BCUT2D eigenvalue weighted by Crippen LogP contribution is 2.20. The summed E-state index contributed by atoms with van der Waals surface area (Å²) in [5.74, 6) is -3.43. The third kappa shape index (κ3) is 3.38. The van der Waals surface area contributed by atoms with Crippen molar-refractivity contribution < 1.29 is 18.3 Å². The second kappa shape index (κ2) is 4.46. The van der Waals surface area contributed by atoms with Crippen LogP contribution in [0.2, 0.25) is 0 Å². The van der Waals surface area contributed by atoms with Gasteiger partial charge in [0.15, 0.2) is 0 Å². The molecule has 1 nitrogen and oxygen atoms in total. The van der Waals surface area contributed by atoms with Gasteiger partial charge in [-0.3, -0.25) is 0 Å². The highest BCUT2D eigenvalue weighted by atomic mass is 19.3. The molecule has 0 radical (unpaired) electrons. The number of benzene rings is 1. The van der Waals surface area contributed by atoms with E-state index in [1.807, 2.05) is 0 Å².